The van der Waals surface area contributed by atoms with Crippen molar-refractivity contribution in [2.45, 2.75) is 18.4 Å². The number of alkyl halides is 4. The van der Waals surface area contributed by atoms with Gasteiger partial charge in [-0.1, -0.05) is 15.9 Å². The molecule has 1 unspecified atom stereocenters. The van der Waals surface area contributed by atoms with Crippen LogP contribution in [-0.2, 0) is 14.1 Å². The highest BCUT2D eigenvalue weighted by molar-refractivity contribution is 9.10. The molecule has 0 saturated heterocycles. The molecule has 1 aromatic heterocycles. The standard InChI is InChI=1S/C12H12BrF4N3O/c1-19-7-3-5(9(18)12(16,17)10(14)15)6(13)4-8(7)20(2)11(19)21/h3-4,9-10H,18H2,1-2H3. The monoisotopic (exact) mass is 369 g/mol. The molecule has 0 aliphatic heterocycles. The summed E-state index contributed by atoms with van der Waals surface area (Å²) in [5, 5.41) is 0. The van der Waals surface area contributed by atoms with Crippen molar-refractivity contribution in [2.75, 3.05) is 0 Å². The largest absolute Gasteiger partial charge is 0.328 e. The van der Waals surface area contributed by atoms with Gasteiger partial charge in [0.05, 0.1) is 11.0 Å². The van der Waals surface area contributed by atoms with E-state index in [1.807, 2.05) is 0 Å². The van der Waals surface area contributed by atoms with Crippen LogP contribution in [0.4, 0.5) is 17.6 Å². The summed E-state index contributed by atoms with van der Waals surface area (Å²) in [6.45, 7) is 0. The third-order valence-corrected chi connectivity index (χ3v) is 4.12. The first-order valence-corrected chi connectivity index (χ1v) is 6.64. The van der Waals surface area contributed by atoms with Crippen molar-refractivity contribution in [3.63, 3.8) is 0 Å². The number of nitrogens with zero attached hydrogens (tertiary/aromatic N) is 2. The first kappa shape index (κ1) is 16.0. The van der Waals surface area contributed by atoms with E-state index in [9.17, 15) is 22.4 Å². The zero-order valence-electron chi connectivity index (χ0n) is 11.1. The Morgan fingerprint density at radius 3 is 2.14 bits per heavy atom. The molecule has 0 bridgehead atoms. The van der Waals surface area contributed by atoms with E-state index in [4.69, 9.17) is 5.73 Å². The lowest BCUT2D eigenvalue weighted by atomic mass is 10.0. The van der Waals surface area contributed by atoms with Crippen molar-refractivity contribution in [1.82, 2.24) is 9.13 Å². The van der Waals surface area contributed by atoms with Crippen molar-refractivity contribution in [3.8, 4) is 0 Å². The molecule has 0 saturated carbocycles. The predicted molar refractivity (Wildman–Crippen MR) is 73.7 cm³/mol. The number of aryl methyl sites for hydroxylation is 2. The van der Waals surface area contributed by atoms with Crippen molar-refractivity contribution < 1.29 is 17.6 Å². The number of hydrogen-bond acceptors (Lipinski definition) is 2. The second-order valence-electron chi connectivity index (χ2n) is 4.72. The smallest absolute Gasteiger partial charge is 0.319 e. The van der Waals surface area contributed by atoms with Crippen LogP contribution < -0.4 is 11.4 Å². The van der Waals surface area contributed by atoms with E-state index in [1.54, 1.807) is 0 Å². The normalized spacial score (nSPS) is 14.1. The second-order valence-corrected chi connectivity index (χ2v) is 5.57. The molecule has 2 N–H and O–H groups in total. The maximum atomic E-state index is 13.4. The highest BCUT2D eigenvalue weighted by Gasteiger charge is 2.48. The summed E-state index contributed by atoms with van der Waals surface area (Å²) in [7, 11) is 2.98. The molecule has 0 amide bonds. The van der Waals surface area contributed by atoms with Gasteiger partial charge in [0.2, 0.25) is 0 Å². The Hall–Kier alpha value is -1.35. The van der Waals surface area contributed by atoms with E-state index in [1.165, 1.54) is 35.4 Å². The number of fused-ring (bicyclic) bond motifs is 1. The van der Waals surface area contributed by atoms with Gasteiger partial charge < -0.3 is 5.73 Å². The van der Waals surface area contributed by atoms with Crippen molar-refractivity contribution in [3.05, 3.63) is 32.7 Å². The van der Waals surface area contributed by atoms with Crippen LogP contribution in [0.3, 0.4) is 0 Å². The van der Waals surface area contributed by atoms with Gasteiger partial charge in [0.15, 0.2) is 0 Å². The first-order chi connectivity index (χ1) is 9.59. The molecule has 21 heavy (non-hydrogen) atoms. The van der Waals surface area contributed by atoms with Gasteiger partial charge in [-0.2, -0.15) is 8.78 Å². The Labute approximate surface area is 125 Å². The van der Waals surface area contributed by atoms with Crippen LogP contribution in [0.1, 0.15) is 11.6 Å². The van der Waals surface area contributed by atoms with Gasteiger partial charge >= 0.3 is 18.0 Å². The van der Waals surface area contributed by atoms with Crippen molar-refractivity contribution >= 4 is 27.0 Å². The van der Waals surface area contributed by atoms with Gasteiger partial charge in [0.1, 0.15) is 6.04 Å². The number of benzene rings is 1. The molecule has 4 nitrogen and oxygen atoms in total. The predicted octanol–water partition coefficient (Wildman–Crippen LogP) is 2.54. The molecule has 2 aromatic rings. The van der Waals surface area contributed by atoms with Gasteiger partial charge in [-0.3, -0.25) is 9.13 Å². The minimum Gasteiger partial charge on any atom is -0.319 e. The summed E-state index contributed by atoms with van der Waals surface area (Å²) in [5.41, 5.74) is 5.57. The number of halogens is 5. The molecule has 0 radical (unpaired) electrons. The average molecular weight is 370 g/mol. The number of aromatic nitrogens is 2. The molecular formula is C12H12BrF4N3O. The summed E-state index contributed by atoms with van der Waals surface area (Å²) in [4.78, 5) is 11.8. The fourth-order valence-corrected chi connectivity index (χ4v) is 2.70. The summed E-state index contributed by atoms with van der Waals surface area (Å²) >= 11 is 3.04. The lowest BCUT2D eigenvalue weighted by Crippen LogP contribution is -2.39. The number of imidazole rings is 1. The van der Waals surface area contributed by atoms with Gasteiger partial charge in [-0.05, 0) is 17.7 Å². The van der Waals surface area contributed by atoms with E-state index in [0.717, 1.165) is 0 Å². The van der Waals surface area contributed by atoms with Crippen LogP contribution in [-0.4, -0.2) is 21.5 Å². The Bertz CT molecular complexity index is 753. The molecular weight excluding hydrogens is 358 g/mol. The lowest BCUT2D eigenvalue weighted by Gasteiger charge is -2.24. The van der Waals surface area contributed by atoms with E-state index in [-0.39, 0.29) is 15.7 Å². The van der Waals surface area contributed by atoms with Gasteiger partial charge in [0, 0.05) is 18.6 Å². The zero-order valence-corrected chi connectivity index (χ0v) is 12.7. The summed E-state index contributed by atoms with van der Waals surface area (Å²) in [6.07, 6.45) is -3.88. The second kappa shape index (κ2) is 5.13. The van der Waals surface area contributed by atoms with Crippen molar-refractivity contribution in [1.29, 1.82) is 0 Å². The Morgan fingerprint density at radius 2 is 1.67 bits per heavy atom. The third kappa shape index (κ3) is 2.38. The maximum absolute atomic E-state index is 13.4. The Kier molecular flexibility index (Phi) is 3.92. The Morgan fingerprint density at radius 1 is 1.19 bits per heavy atom. The van der Waals surface area contributed by atoms with E-state index in [0.29, 0.717) is 11.0 Å². The van der Waals surface area contributed by atoms with E-state index in [2.05, 4.69) is 15.9 Å². The lowest BCUT2D eigenvalue weighted by molar-refractivity contribution is -0.144. The number of hydrogen-bond donors (Lipinski definition) is 1. The van der Waals surface area contributed by atoms with E-state index >= 15 is 0 Å². The molecule has 0 fully saturated rings. The minimum atomic E-state index is -4.37. The average Bonchev–Trinajstić information content (AvgIpc) is 2.62. The summed E-state index contributed by atoms with van der Waals surface area (Å²) < 4.78 is 54.4. The highest BCUT2D eigenvalue weighted by Crippen LogP contribution is 2.38. The number of rotatable bonds is 3. The van der Waals surface area contributed by atoms with Gasteiger partial charge in [-0.25, -0.2) is 13.6 Å². The van der Waals surface area contributed by atoms with Crippen LogP contribution >= 0.6 is 15.9 Å². The highest BCUT2D eigenvalue weighted by atomic mass is 79.9. The molecule has 9 heteroatoms. The Balaban J connectivity index is 2.69. The maximum Gasteiger partial charge on any atom is 0.328 e. The molecule has 116 valence electrons. The van der Waals surface area contributed by atoms with Crippen LogP contribution in [0.15, 0.2) is 21.4 Å². The van der Waals surface area contributed by atoms with Crippen LogP contribution in [0, 0.1) is 0 Å². The zero-order chi connectivity index (χ0) is 16.1. The summed E-state index contributed by atoms with van der Waals surface area (Å²) in [5.74, 6) is -4.37. The van der Waals surface area contributed by atoms with Crippen LogP contribution in [0.25, 0.3) is 11.0 Å². The number of nitrogens with two attached hydrogens (primary N) is 1. The molecule has 0 spiro atoms. The van der Waals surface area contributed by atoms with E-state index < -0.39 is 18.4 Å². The van der Waals surface area contributed by atoms with Gasteiger partial charge in [-0.15, -0.1) is 0 Å². The molecule has 2 rings (SSSR count). The topological polar surface area (TPSA) is 53.0 Å². The SMILES string of the molecule is Cn1c(=O)n(C)c2cc(C(N)C(F)(F)C(F)F)c(Br)cc21. The molecule has 0 aliphatic rings. The van der Waals surface area contributed by atoms with Crippen LogP contribution in [0.5, 0.6) is 0 Å². The van der Waals surface area contributed by atoms with Gasteiger partial charge in [0.25, 0.3) is 0 Å². The first-order valence-electron chi connectivity index (χ1n) is 5.85. The third-order valence-electron chi connectivity index (χ3n) is 3.43. The van der Waals surface area contributed by atoms with Crippen molar-refractivity contribution in [2.24, 2.45) is 19.8 Å². The van der Waals surface area contributed by atoms with Crippen LogP contribution in [0.2, 0.25) is 0 Å². The molecule has 1 atom stereocenters. The molecule has 1 aromatic carbocycles. The molecule has 1 heterocycles. The summed E-state index contributed by atoms with van der Waals surface area (Å²) in [6, 6.07) is 0.446. The molecule has 0 aliphatic carbocycles. The fourth-order valence-electron chi connectivity index (χ4n) is 2.12. The fraction of sp³-hybridized carbons (Fsp3) is 0.417. The quantitative estimate of drug-likeness (QED) is 0.845. The minimum absolute atomic E-state index is 0.143.